The van der Waals surface area contributed by atoms with E-state index in [1.807, 2.05) is 19.1 Å². The third-order valence-electron chi connectivity index (χ3n) is 2.20. The molecule has 1 aromatic carbocycles. The van der Waals surface area contributed by atoms with Crippen LogP contribution >= 0.6 is 31.9 Å². The lowest BCUT2D eigenvalue weighted by Crippen LogP contribution is -2.33. The van der Waals surface area contributed by atoms with Gasteiger partial charge in [-0.1, -0.05) is 15.9 Å². The Labute approximate surface area is 112 Å². The standard InChI is InChI=1S/C11H13Br2NO2/c1-2-14(5-6-15)11(16)9-4-3-8(12)7-10(9)13/h3-4,7,15H,2,5-6H2,1H3. The summed E-state index contributed by atoms with van der Waals surface area (Å²) in [6.07, 6.45) is 0. The first-order valence-corrected chi connectivity index (χ1v) is 6.54. The molecule has 0 unspecified atom stereocenters. The lowest BCUT2D eigenvalue weighted by molar-refractivity contribution is 0.0731. The zero-order valence-electron chi connectivity index (χ0n) is 8.91. The normalized spacial score (nSPS) is 10.2. The third-order valence-corrected chi connectivity index (χ3v) is 3.35. The third kappa shape index (κ3) is 3.30. The number of halogens is 2. The van der Waals surface area contributed by atoms with Gasteiger partial charge in [-0.15, -0.1) is 0 Å². The van der Waals surface area contributed by atoms with E-state index in [-0.39, 0.29) is 12.5 Å². The first kappa shape index (κ1) is 13.7. The summed E-state index contributed by atoms with van der Waals surface area (Å²) >= 11 is 6.69. The summed E-state index contributed by atoms with van der Waals surface area (Å²) in [7, 11) is 0. The van der Waals surface area contributed by atoms with Gasteiger partial charge in [0.05, 0.1) is 12.2 Å². The molecule has 0 bridgehead atoms. The molecule has 0 aromatic heterocycles. The van der Waals surface area contributed by atoms with Crippen molar-refractivity contribution in [2.24, 2.45) is 0 Å². The molecule has 0 aliphatic rings. The number of benzene rings is 1. The quantitative estimate of drug-likeness (QED) is 0.906. The van der Waals surface area contributed by atoms with Crippen LogP contribution in [0, 0.1) is 0 Å². The van der Waals surface area contributed by atoms with Crippen LogP contribution in [-0.2, 0) is 0 Å². The molecule has 1 rings (SSSR count). The Morgan fingerprint density at radius 2 is 2.12 bits per heavy atom. The van der Waals surface area contributed by atoms with E-state index in [9.17, 15) is 4.79 Å². The van der Waals surface area contributed by atoms with Crippen LogP contribution in [-0.4, -0.2) is 35.6 Å². The Bertz CT molecular complexity index is 382. The van der Waals surface area contributed by atoms with Crippen molar-refractivity contribution in [1.82, 2.24) is 4.90 Å². The number of likely N-dealkylation sites (N-methyl/N-ethyl adjacent to an activating group) is 1. The van der Waals surface area contributed by atoms with E-state index in [1.165, 1.54) is 0 Å². The highest BCUT2D eigenvalue weighted by atomic mass is 79.9. The Morgan fingerprint density at radius 3 is 2.62 bits per heavy atom. The molecule has 1 aromatic rings. The summed E-state index contributed by atoms with van der Waals surface area (Å²) in [5.41, 5.74) is 0.610. The Hall–Kier alpha value is -0.390. The molecular formula is C11H13Br2NO2. The summed E-state index contributed by atoms with van der Waals surface area (Å²) in [4.78, 5) is 13.7. The van der Waals surface area contributed by atoms with Gasteiger partial charge in [-0.05, 0) is 41.1 Å². The number of carbonyl (C=O) groups is 1. The predicted molar refractivity (Wildman–Crippen MR) is 70.5 cm³/mol. The second kappa shape index (κ2) is 6.37. The van der Waals surface area contributed by atoms with Gasteiger partial charge >= 0.3 is 0 Å². The maximum atomic E-state index is 12.1. The fourth-order valence-corrected chi connectivity index (χ4v) is 2.57. The highest BCUT2D eigenvalue weighted by molar-refractivity contribution is 9.11. The molecule has 0 radical (unpaired) electrons. The van der Waals surface area contributed by atoms with E-state index in [1.54, 1.807) is 11.0 Å². The number of hydrogen-bond acceptors (Lipinski definition) is 2. The number of amides is 1. The predicted octanol–water partition coefficient (Wildman–Crippen LogP) is 2.67. The van der Waals surface area contributed by atoms with Crippen LogP contribution in [0.2, 0.25) is 0 Å². The summed E-state index contributed by atoms with van der Waals surface area (Å²) in [5.74, 6) is -0.0732. The van der Waals surface area contributed by atoms with E-state index in [2.05, 4.69) is 31.9 Å². The Morgan fingerprint density at radius 1 is 1.44 bits per heavy atom. The minimum Gasteiger partial charge on any atom is -0.395 e. The molecule has 16 heavy (non-hydrogen) atoms. The molecule has 0 atom stereocenters. The van der Waals surface area contributed by atoms with Crippen molar-refractivity contribution >= 4 is 37.8 Å². The number of aliphatic hydroxyl groups is 1. The summed E-state index contributed by atoms with van der Waals surface area (Å²) < 4.78 is 1.67. The largest absolute Gasteiger partial charge is 0.395 e. The average molecular weight is 351 g/mol. The van der Waals surface area contributed by atoms with Gasteiger partial charge in [0.25, 0.3) is 5.91 Å². The molecule has 0 fully saturated rings. The molecule has 5 heteroatoms. The molecule has 0 aliphatic heterocycles. The Balaban J connectivity index is 2.94. The van der Waals surface area contributed by atoms with Gasteiger partial charge in [-0.3, -0.25) is 4.79 Å². The minimum absolute atomic E-state index is 0.0201. The van der Waals surface area contributed by atoms with E-state index in [0.29, 0.717) is 18.7 Å². The molecule has 0 saturated carbocycles. The van der Waals surface area contributed by atoms with E-state index >= 15 is 0 Å². The van der Waals surface area contributed by atoms with Crippen LogP contribution in [0.5, 0.6) is 0 Å². The number of carbonyl (C=O) groups excluding carboxylic acids is 1. The van der Waals surface area contributed by atoms with Crippen molar-refractivity contribution in [1.29, 1.82) is 0 Å². The lowest BCUT2D eigenvalue weighted by Gasteiger charge is -2.20. The van der Waals surface area contributed by atoms with Crippen molar-refractivity contribution < 1.29 is 9.90 Å². The van der Waals surface area contributed by atoms with Crippen molar-refractivity contribution in [3.8, 4) is 0 Å². The van der Waals surface area contributed by atoms with Crippen LogP contribution < -0.4 is 0 Å². The van der Waals surface area contributed by atoms with Crippen molar-refractivity contribution in [2.75, 3.05) is 19.7 Å². The highest BCUT2D eigenvalue weighted by Gasteiger charge is 2.16. The summed E-state index contributed by atoms with van der Waals surface area (Å²) in [5, 5.41) is 8.86. The van der Waals surface area contributed by atoms with E-state index in [0.717, 1.165) is 8.95 Å². The smallest absolute Gasteiger partial charge is 0.255 e. The topological polar surface area (TPSA) is 40.5 Å². The number of nitrogens with zero attached hydrogens (tertiary/aromatic N) is 1. The van der Waals surface area contributed by atoms with Crippen LogP contribution in [0.15, 0.2) is 27.1 Å². The van der Waals surface area contributed by atoms with Gasteiger partial charge in [0, 0.05) is 22.0 Å². The molecule has 1 N–H and O–H groups in total. The molecule has 0 aliphatic carbocycles. The van der Waals surface area contributed by atoms with Gasteiger partial charge in [0.15, 0.2) is 0 Å². The van der Waals surface area contributed by atoms with Crippen molar-refractivity contribution in [3.63, 3.8) is 0 Å². The van der Waals surface area contributed by atoms with Gasteiger partial charge in [0.1, 0.15) is 0 Å². The molecule has 88 valence electrons. The van der Waals surface area contributed by atoms with Crippen LogP contribution in [0.4, 0.5) is 0 Å². The SMILES string of the molecule is CCN(CCO)C(=O)c1ccc(Br)cc1Br. The molecule has 0 spiro atoms. The Kier molecular flexibility index (Phi) is 5.44. The average Bonchev–Trinajstić information content (AvgIpc) is 2.25. The molecule has 0 heterocycles. The van der Waals surface area contributed by atoms with Gasteiger partial charge in [0.2, 0.25) is 0 Å². The van der Waals surface area contributed by atoms with Crippen LogP contribution in [0.25, 0.3) is 0 Å². The zero-order valence-corrected chi connectivity index (χ0v) is 12.1. The number of rotatable bonds is 4. The molecule has 0 saturated heterocycles. The van der Waals surface area contributed by atoms with Gasteiger partial charge in [-0.2, -0.15) is 0 Å². The lowest BCUT2D eigenvalue weighted by atomic mass is 10.2. The maximum Gasteiger partial charge on any atom is 0.255 e. The second-order valence-electron chi connectivity index (χ2n) is 3.23. The first-order valence-electron chi connectivity index (χ1n) is 4.95. The van der Waals surface area contributed by atoms with E-state index in [4.69, 9.17) is 5.11 Å². The number of hydrogen-bond donors (Lipinski definition) is 1. The van der Waals surface area contributed by atoms with Crippen LogP contribution in [0.1, 0.15) is 17.3 Å². The highest BCUT2D eigenvalue weighted by Crippen LogP contribution is 2.23. The molecule has 3 nitrogen and oxygen atoms in total. The van der Waals surface area contributed by atoms with Crippen molar-refractivity contribution in [3.05, 3.63) is 32.7 Å². The molecule has 1 amide bonds. The van der Waals surface area contributed by atoms with Gasteiger partial charge in [-0.25, -0.2) is 0 Å². The van der Waals surface area contributed by atoms with E-state index < -0.39 is 0 Å². The fraction of sp³-hybridized carbons (Fsp3) is 0.364. The second-order valence-corrected chi connectivity index (χ2v) is 5.00. The minimum atomic E-state index is -0.0732. The number of aliphatic hydroxyl groups excluding tert-OH is 1. The first-order chi connectivity index (χ1) is 7.60. The molecular weight excluding hydrogens is 338 g/mol. The van der Waals surface area contributed by atoms with Crippen molar-refractivity contribution in [2.45, 2.75) is 6.92 Å². The maximum absolute atomic E-state index is 12.1. The fourth-order valence-electron chi connectivity index (χ4n) is 1.36. The monoisotopic (exact) mass is 349 g/mol. The van der Waals surface area contributed by atoms with Gasteiger partial charge < -0.3 is 10.0 Å². The zero-order chi connectivity index (χ0) is 12.1. The summed E-state index contributed by atoms with van der Waals surface area (Å²) in [6, 6.07) is 5.42. The summed E-state index contributed by atoms with van der Waals surface area (Å²) in [6.45, 7) is 2.81. The van der Waals surface area contributed by atoms with Crippen LogP contribution in [0.3, 0.4) is 0 Å².